The Balaban J connectivity index is 2.70. The minimum atomic E-state index is -3.82. The number of thiophene rings is 1. The zero-order valence-electron chi connectivity index (χ0n) is 12.2. The van der Waals surface area contributed by atoms with E-state index in [-0.39, 0.29) is 16.3 Å². The van der Waals surface area contributed by atoms with Gasteiger partial charge in [-0.2, -0.15) is 0 Å². The van der Waals surface area contributed by atoms with Crippen molar-refractivity contribution in [2.45, 2.75) is 11.8 Å². The molecule has 21 heavy (non-hydrogen) atoms. The molecular weight excluding hydrogens is 316 g/mol. The summed E-state index contributed by atoms with van der Waals surface area (Å²) >= 11 is 0.916. The number of carbonyl (C=O) groups is 1. The highest BCUT2D eigenvalue weighted by molar-refractivity contribution is 7.89. The Morgan fingerprint density at radius 1 is 1.48 bits per heavy atom. The molecular formula is C12H20N2O5S2. The van der Waals surface area contributed by atoms with Crippen LogP contribution in [-0.2, 0) is 14.8 Å². The SMILES string of the molecule is COCCN(C)CCNS(=O)(=O)c1c(C)csc1C(=O)O. The molecule has 1 heterocycles. The topological polar surface area (TPSA) is 95.9 Å². The van der Waals surface area contributed by atoms with Gasteiger partial charge in [-0.15, -0.1) is 11.3 Å². The number of aromatic carboxylic acids is 1. The number of carboxylic acid groups (broad SMARTS) is 1. The third-order valence-electron chi connectivity index (χ3n) is 2.84. The van der Waals surface area contributed by atoms with Crippen LogP contribution in [0.25, 0.3) is 0 Å². The molecule has 0 unspecified atom stereocenters. The quantitative estimate of drug-likeness (QED) is 0.686. The second kappa shape index (κ2) is 7.85. The number of nitrogens with zero attached hydrogens (tertiary/aromatic N) is 1. The van der Waals surface area contributed by atoms with Crippen LogP contribution in [0.3, 0.4) is 0 Å². The van der Waals surface area contributed by atoms with E-state index in [1.807, 2.05) is 11.9 Å². The highest BCUT2D eigenvalue weighted by atomic mass is 32.2. The fourth-order valence-electron chi connectivity index (χ4n) is 1.72. The number of likely N-dealkylation sites (N-methyl/N-ethyl adjacent to an activating group) is 1. The second-order valence-corrected chi connectivity index (χ2v) is 7.16. The number of nitrogens with one attached hydrogen (secondary N) is 1. The van der Waals surface area contributed by atoms with E-state index in [1.165, 1.54) is 5.38 Å². The number of aryl methyl sites for hydroxylation is 1. The van der Waals surface area contributed by atoms with Gasteiger partial charge in [0.25, 0.3) is 0 Å². The molecule has 9 heteroatoms. The Morgan fingerprint density at radius 2 is 2.14 bits per heavy atom. The van der Waals surface area contributed by atoms with E-state index in [4.69, 9.17) is 9.84 Å². The Labute approximate surface area is 128 Å². The summed E-state index contributed by atoms with van der Waals surface area (Å²) in [5.74, 6) is -1.23. The van der Waals surface area contributed by atoms with Crippen molar-refractivity contribution in [3.05, 3.63) is 15.8 Å². The molecule has 1 rings (SSSR count). The minimum Gasteiger partial charge on any atom is -0.477 e. The van der Waals surface area contributed by atoms with E-state index in [0.29, 0.717) is 25.3 Å². The lowest BCUT2D eigenvalue weighted by atomic mass is 10.3. The van der Waals surface area contributed by atoms with Crippen LogP contribution in [0, 0.1) is 6.92 Å². The monoisotopic (exact) mass is 336 g/mol. The average molecular weight is 336 g/mol. The van der Waals surface area contributed by atoms with E-state index in [2.05, 4.69) is 4.72 Å². The van der Waals surface area contributed by atoms with Gasteiger partial charge in [0.15, 0.2) is 0 Å². The molecule has 0 saturated carbocycles. The van der Waals surface area contributed by atoms with Crippen molar-refractivity contribution >= 4 is 27.3 Å². The van der Waals surface area contributed by atoms with E-state index in [1.54, 1.807) is 14.0 Å². The first kappa shape index (κ1) is 18.1. The van der Waals surface area contributed by atoms with Crippen molar-refractivity contribution in [1.29, 1.82) is 0 Å². The molecule has 0 aliphatic carbocycles. The average Bonchev–Trinajstić information content (AvgIpc) is 2.79. The molecule has 0 aromatic carbocycles. The van der Waals surface area contributed by atoms with Crippen molar-refractivity contribution in [2.75, 3.05) is 40.4 Å². The van der Waals surface area contributed by atoms with E-state index in [9.17, 15) is 13.2 Å². The Bertz CT molecular complexity index is 582. The lowest BCUT2D eigenvalue weighted by Crippen LogP contribution is -2.34. The van der Waals surface area contributed by atoms with Gasteiger partial charge < -0.3 is 14.7 Å². The van der Waals surface area contributed by atoms with E-state index in [0.717, 1.165) is 11.3 Å². The molecule has 0 atom stereocenters. The van der Waals surface area contributed by atoms with Gasteiger partial charge in [0.05, 0.1) is 6.61 Å². The van der Waals surface area contributed by atoms with Crippen LogP contribution in [0.1, 0.15) is 15.2 Å². The largest absolute Gasteiger partial charge is 0.477 e. The van der Waals surface area contributed by atoms with Crippen LogP contribution in [0.2, 0.25) is 0 Å². The molecule has 0 aliphatic rings. The summed E-state index contributed by atoms with van der Waals surface area (Å²) in [6.07, 6.45) is 0. The van der Waals surface area contributed by atoms with Gasteiger partial charge in [-0.05, 0) is 24.9 Å². The summed E-state index contributed by atoms with van der Waals surface area (Å²) in [4.78, 5) is 12.7. The molecule has 7 nitrogen and oxygen atoms in total. The highest BCUT2D eigenvalue weighted by Gasteiger charge is 2.26. The lowest BCUT2D eigenvalue weighted by Gasteiger charge is -2.16. The summed E-state index contributed by atoms with van der Waals surface area (Å²) < 4.78 is 31.8. The van der Waals surface area contributed by atoms with Gasteiger partial charge in [-0.1, -0.05) is 0 Å². The first-order valence-corrected chi connectivity index (χ1v) is 8.64. The van der Waals surface area contributed by atoms with Gasteiger partial charge in [-0.25, -0.2) is 17.9 Å². The first-order chi connectivity index (χ1) is 9.79. The molecule has 1 aromatic rings. The Hall–Kier alpha value is -1.00. The van der Waals surface area contributed by atoms with Gasteiger partial charge in [-0.3, -0.25) is 0 Å². The van der Waals surface area contributed by atoms with Crippen molar-refractivity contribution < 1.29 is 23.1 Å². The Morgan fingerprint density at radius 3 is 2.71 bits per heavy atom. The number of rotatable bonds is 9. The third-order valence-corrected chi connectivity index (χ3v) is 5.71. The van der Waals surface area contributed by atoms with Crippen LogP contribution < -0.4 is 4.72 Å². The van der Waals surface area contributed by atoms with E-state index < -0.39 is 16.0 Å². The number of methoxy groups -OCH3 is 1. The number of sulfonamides is 1. The predicted molar refractivity (Wildman–Crippen MR) is 80.6 cm³/mol. The first-order valence-electron chi connectivity index (χ1n) is 6.28. The summed E-state index contributed by atoms with van der Waals surface area (Å²) in [5, 5.41) is 10.6. The second-order valence-electron chi connectivity index (χ2n) is 4.58. The fraction of sp³-hybridized carbons (Fsp3) is 0.583. The zero-order chi connectivity index (χ0) is 16.0. The van der Waals surface area contributed by atoms with Crippen molar-refractivity contribution in [3.8, 4) is 0 Å². The summed E-state index contributed by atoms with van der Waals surface area (Å²) in [6, 6.07) is 0. The van der Waals surface area contributed by atoms with Crippen LogP contribution >= 0.6 is 11.3 Å². The summed E-state index contributed by atoms with van der Waals surface area (Å²) in [7, 11) is -0.364. The molecule has 1 aromatic heterocycles. The van der Waals surface area contributed by atoms with Crippen LogP contribution in [0.15, 0.2) is 10.3 Å². The van der Waals surface area contributed by atoms with Gasteiger partial charge in [0.2, 0.25) is 10.0 Å². The smallest absolute Gasteiger partial charge is 0.347 e. The normalized spacial score (nSPS) is 12.0. The molecule has 0 aliphatic heterocycles. The minimum absolute atomic E-state index is 0.139. The highest BCUT2D eigenvalue weighted by Crippen LogP contribution is 2.26. The number of ether oxygens (including phenoxy) is 1. The van der Waals surface area contributed by atoms with Crippen LogP contribution in [0.4, 0.5) is 0 Å². The maximum absolute atomic E-state index is 12.2. The van der Waals surface area contributed by atoms with Gasteiger partial charge in [0.1, 0.15) is 9.77 Å². The molecule has 0 spiro atoms. The predicted octanol–water partition coefficient (Wildman–Crippen LogP) is 0.611. The van der Waals surface area contributed by atoms with Gasteiger partial charge in [0, 0.05) is 26.7 Å². The number of hydrogen-bond donors (Lipinski definition) is 2. The molecule has 120 valence electrons. The molecule has 0 bridgehead atoms. The summed E-state index contributed by atoms with van der Waals surface area (Å²) in [6.45, 7) is 3.55. The molecule has 2 N–H and O–H groups in total. The number of hydrogen-bond acceptors (Lipinski definition) is 6. The van der Waals surface area contributed by atoms with Gasteiger partial charge >= 0.3 is 5.97 Å². The van der Waals surface area contributed by atoms with E-state index >= 15 is 0 Å². The molecule has 0 amide bonds. The summed E-state index contributed by atoms with van der Waals surface area (Å²) in [5.41, 5.74) is 0.442. The number of carboxylic acids is 1. The molecule has 0 saturated heterocycles. The maximum Gasteiger partial charge on any atom is 0.347 e. The maximum atomic E-state index is 12.2. The van der Waals surface area contributed by atoms with Crippen LogP contribution in [-0.4, -0.2) is 64.8 Å². The van der Waals surface area contributed by atoms with Crippen molar-refractivity contribution in [3.63, 3.8) is 0 Å². The molecule has 0 radical (unpaired) electrons. The zero-order valence-corrected chi connectivity index (χ0v) is 13.9. The van der Waals surface area contributed by atoms with Crippen molar-refractivity contribution in [1.82, 2.24) is 9.62 Å². The standard InChI is InChI=1S/C12H20N2O5S2/c1-9-8-20-10(12(15)16)11(9)21(17,18)13-4-5-14(2)6-7-19-3/h8,13H,4-7H2,1-3H3,(H,15,16). The Kier molecular flexibility index (Phi) is 6.75. The fourth-order valence-corrected chi connectivity index (χ4v) is 4.36. The lowest BCUT2D eigenvalue weighted by molar-refractivity contribution is 0.0698. The van der Waals surface area contributed by atoms with Crippen LogP contribution in [0.5, 0.6) is 0 Å². The molecule has 0 fully saturated rings. The van der Waals surface area contributed by atoms with Crippen molar-refractivity contribution in [2.24, 2.45) is 0 Å². The third kappa shape index (κ3) is 5.04.